The van der Waals surface area contributed by atoms with E-state index in [1.165, 1.54) is 0 Å². The van der Waals surface area contributed by atoms with Crippen LogP contribution in [0.2, 0.25) is 0 Å². The first-order valence-corrected chi connectivity index (χ1v) is 12.2. The van der Waals surface area contributed by atoms with Gasteiger partial charge in [-0.05, 0) is 19.1 Å². The van der Waals surface area contributed by atoms with Gasteiger partial charge in [0.05, 0.1) is 26.2 Å². The molecule has 10 nitrogen and oxygen atoms in total. The number of hydrogen-bond donors (Lipinski definition) is 0. The van der Waals surface area contributed by atoms with Gasteiger partial charge < -0.3 is 29.1 Å². The van der Waals surface area contributed by atoms with Crippen LogP contribution in [-0.2, 0) is 14.3 Å². The second kappa shape index (κ2) is 10.1. The molecule has 35 heavy (non-hydrogen) atoms. The fourth-order valence-electron chi connectivity index (χ4n) is 4.92. The van der Waals surface area contributed by atoms with E-state index in [0.29, 0.717) is 51.7 Å². The molecule has 0 spiro atoms. The van der Waals surface area contributed by atoms with E-state index in [0.717, 1.165) is 36.2 Å². The Balaban J connectivity index is 1.20. The normalized spacial score (nSPS) is 21.0. The highest BCUT2D eigenvalue weighted by molar-refractivity contribution is 6.00. The zero-order chi connectivity index (χ0) is 24.4. The topological polar surface area (TPSA) is 91.3 Å². The maximum Gasteiger partial charge on any atom is 0.228 e. The smallest absolute Gasteiger partial charge is 0.228 e. The minimum absolute atomic E-state index is 0.0256. The number of anilines is 3. The Bertz CT molecular complexity index is 1080. The molecule has 1 aromatic heterocycles. The number of aromatic nitrogens is 2. The predicted molar refractivity (Wildman–Crippen MR) is 132 cm³/mol. The zero-order valence-corrected chi connectivity index (χ0v) is 20.4. The lowest BCUT2D eigenvalue weighted by Gasteiger charge is -2.37. The number of ether oxygens (including phenoxy) is 2. The van der Waals surface area contributed by atoms with Gasteiger partial charge in [-0.25, -0.2) is 4.98 Å². The Morgan fingerprint density at radius 1 is 1.03 bits per heavy atom. The van der Waals surface area contributed by atoms with E-state index in [4.69, 9.17) is 14.5 Å². The summed E-state index contributed by atoms with van der Waals surface area (Å²) in [5.41, 5.74) is 1.70. The Morgan fingerprint density at radius 3 is 2.54 bits per heavy atom. The predicted octanol–water partition coefficient (Wildman–Crippen LogP) is 1.33. The summed E-state index contributed by atoms with van der Waals surface area (Å²) in [4.78, 5) is 43.3. The van der Waals surface area contributed by atoms with Crippen molar-refractivity contribution in [1.29, 1.82) is 0 Å². The first-order valence-electron chi connectivity index (χ1n) is 12.2. The van der Waals surface area contributed by atoms with Crippen LogP contribution in [0, 0.1) is 12.8 Å². The number of carbonyl (C=O) groups is 2. The van der Waals surface area contributed by atoms with Crippen LogP contribution in [0.3, 0.4) is 0 Å². The van der Waals surface area contributed by atoms with Crippen LogP contribution in [0.1, 0.15) is 12.1 Å². The highest BCUT2D eigenvalue weighted by atomic mass is 16.5. The Hall–Kier alpha value is -3.40. The molecule has 1 aromatic carbocycles. The van der Waals surface area contributed by atoms with Gasteiger partial charge in [0.2, 0.25) is 17.8 Å². The van der Waals surface area contributed by atoms with Crippen molar-refractivity contribution in [3.8, 4) is 5.75 Å². The molecule has 3 aliphatic rings. The first-order chi connectivity index (χ1) is 17.0. The fraction of sp³-hybridized carbons (Fsp3) is 0.520. The summed E-state index contributed by atoms with van der Waals surface area (Å²) in [5, 5.41) is 0. The number of carbonyl (C=O) groups excluding carboxylic acids is 2. The van der Waals surface area contributed by atoms with Crippen molar-refractivity contribution in [1.82, 2.24) is 14.9 Å². The number of piperazine rings is 1. The first kappa shape index (κ1) is 23.3. The summed E-state index contributed by atoms with van der Waals surface area (Å²) in [5.74, 6) is 2.03. The monoisotopic (exact) mass is 480 g/mol. The number of hydrogen-bond acceptors (Lipinski definition) is 8. The lowest BCUT2D eigenvalue weighted by Crippen LogP contribution is -2.51. The fourth-order valence-corrected chi connectivity index (χ4v) is 4.92. The van der Waals surface area contributed by atoms with E-state index in [1.54, 1.807) is 12.0 Å². The van der Waals surface area contributed by atoms with Crippen molar-refractivity contribution in [2.24, 2.45) is 5.92 Å². The molecule has 10 heteroatoms. The molecule has 3 fully saturated rings. The van der Waals surface area contributed by atoms with Crippen LogP contribution in [-0.4, -0.2) is 92.8 Å². The number of benzene rings is 1. The molecule has 3 aliphatic heterocycles. The highest BCUT2D eigenvalue weighted by Crippen LogP contribution is 2.29. The van der Waals surface area contributed by atoms with Gasteiger partial charge in [0.1, 0.15) is 11.6 Å². The van der Waals surface area contributed by atoms with Crippen molar-refractivity contribution in [3.05, 3.63) is 36.0 Å². The molecule has 0 saturated carbocycles. The van der Waals surface area contributed by atoms with E-state index in [9.17, 15) is 9.59 Å². The van der Waals surface area contributed by atoms with Crippen molar-refractivity contribution in [2.45, 2.75) is 13.3 Å². The van der Waals surface area contributed by atoms with Gasteiger partial charge in [-0.15, -0.1) is 0 Å². The summed E-state index contributed by atoms with van der Waals surface area (Å²) in [6, 6.07) is 9.41. The number of aryl methyl sites for hydroxylation is 1. The van der Waals surface area contributed by atoms with Crippen LogP contribution < -0.4 is 19.4 Å². The van der Waals surface area contributed by atoms with Crippen LogP contribution in [0.25, 0.3) is 0 Å². The molecular formula is C25H32N6O4. The SMILES string of the molecule is COc1cccc(N2CC(C(=O)N3CCN(c4cc(C)nc(N5CCOCC5)n4)CC3)CC2=O)c1. The molecule has 2 aromatic rings. The number of methoxy groups -OCH3 is 1. The molecule has 1 atom stereocenters. The van der Waals surface area contributed by atoms with E-state index in [1.807, 2.05) is 42.2 Å². The molecule has 186 valence electrons. The van der Waals surface area contributed by atoms with Crippen molar-refractivity contribution in [3.63, 3.8) is 0 Å². The van der Waals surface area contributed by atoms with Gasteiger partial charge in [-0.2, -0.15) is 4.98 Å². The quantitative estimate of drug-likeness (QED) is 0.633. The minimum Gasteiger partial charge on any atom is -0.497 e. The third-order valence-electron chi connectivity index (χ3n) is 6.88. The summed E-state index contributed by atoms with van der Waals surface area (Å²) in [7, 11) is 1.60. The lowest BCUT2D eigenvalue weighted by molar-refractivity contribution is -0.136. The molecule has 0 N–H and O–H groups in total. The summed E-state index contributed by atoms with van der Waals surface area (Å²) < 4.78 is 10.7. The number of nitrogens with zero attached hydrogens (tertiary/aromatic N) is 6. The van der Waals surface area contributed by atoms with E-state index < -0.39 is 0 Å². The van der Waals surface area contributed by atoms with Gasteiger partial charge in [0.25, 0.3) is 0 Å². The Morgan fingerprint density at radius 2 is 1.80 bits per heavy atom. The van der Waals surface area contributed by atoms with E-state index >= 15 is 0 Å². The van der Waals surface area contributed by atoms with Gasteiger partial charge in [-0.1, -0.05) is 6.07 Å². The van der Waals surface area contributed by atoms with Gasteiger partial charge in [-0.3, -0.25) is 9.59 Å². The largest absolute Gasteiger partial charge is 0.497 e. The Kier molecular flexibility index (Phi) is 6.72. The second-order valence-corrected chi connectivity index (χ2v) is 9.19. The number of amides is 2. The molecular weight excluding hydrogens is 448 g/mol. The number of rotatable bonds is 5. The van der Waals surface area contributed by atoms with Gasteiger partial charge >= 0.3 is 0 Å². The standard InChI is InChI=1S/C25H32N6O4/c1-18-14-22(27-25(26-18)30-10-12-35-13-11-30)28-6-8-29(9-7-28)24(33)19-15-23(32)31(17-19)20-4-3-5-21(16-20)34-2/h3-5,14,16,19H,6-13,15,17H2,1-2H3. The van der Waals surface area contributed by atoms with Crippen molar-refractivity contribution < 1.29 is 19.1 Å². The molecule has 3 saturated heterocycles. The molecule has 1 unspecified atom stereocenters. The molecule has 2 amide bonds. The van der Waals surface area contributed by atoms with Crippen LogP contribution >= 0.6 is 0 Å². The molecule has 5 rings (SSSR count). The molecule has 4 heterocycles. The summed E-state index contributed by atoms with van der Waals surface area (Å²) >= 11 is 0. The molecule has 0 radical (unpaired) electrons. The molecule has 0 aliphatic carbocycles. The van der Waals surface area contributed by atoms with Crippen LogP contribution in [0.4, 0.5) is 17.5 Å². The second-order valence-electron chi connectivity index (χ2n) is 9.19. The third-order valence-corrected chi connectivity index (χ3v) is 6.88. The Labute approximate surface area is 205 Å². The summed E-state index contributed by atoms with van der Waals surface area (Å²) in [6.07, 6.45) is 0.240. The maximum atomic E-state index is 13.3. The lowest BCUT2D eigenvalue weighted by atomic mass is 10.1. The average Bonchev–Trinajstić information content (AvgIpc) is 3.30. The van der Waals surface area contributed by atoms with Gasteiger partial charge in [0, 0.05) is 75.7 Å². The van der Waals surface area contributed by atoms with Gasteiger partial charge in [0.15, 0.2) is 0 Å². The number of morpholine rings is 1. The van der Waals surface area contributed by atoms with Crippen molar-refractivity contribution >= 4 is 29.3 Å². The van der Waals surface area contributed by atoms with E-state index in [2.05, 4.69) is 14.8 Å². The average molecular weight is 481 g/mol. The minimum atomic E-state index is -0.325. The molecule has 0 bridgehead atoms. The maximum absolute atomic E-state index is 13.3. The van der Waals surface area contributed by atoms with Crippen LogP contribution in [0.15, 0.2) is 30.3 Å². The van der Waals surface area contributed by atoms with Crippen LogP contribution in [0.5, 0.6) is 5.75 Å². The van der Waals surface area contributed by atoms with E-state index in [-0.39, 0.29) is 24.2 Å². The zero-order valence-electron chi connectivity index (χ0n) is 20.4. The summed E-state index contributed by atoms with van der Waals surface area (Å²) in [6.45, 7) is 7.96. The highest BCUT2D eigenvalue weighted by Gasteiger charge is 2.38. The van der Waals surface area contributed by atoms with Crippen molar-refractivity contribution in [2.75, 3.05) is 80.8 Å². The third kappa shape index (κ3) is 5.02.